The first kappa shape index (κ1) is 17.6. The van der Waals surface area contributed by atoms with Gasteiger partial charge in [-0.05, 0) is 6.07 Å². The second-order valence-electron chi connectivity index (χ2n) is 5.74. The summed E-state index contributed by atoms with van der Waals surface area (Å²) in [7, 11) is 1.69. The highest BCUT2D eigenvalue weighted by atomic mass is 19.4. The van der Waals surface area contributed by atoms with E-state index in [-0.39, 0.29) is 11.6 Å². The molecule has 136 valence electrons. The number of morpholine rings is 1. The van der Waals surface area contributed by atoms with Crippen LogP contribution in [-0.4, -0.2) is 64.0 Å². The van der Waals surface area contributed by atoms with Crippen molar-refractivity contribution in [3.05, 3.63) is 24.2 Å². The summed E-state index contributed by atoms with van der Waals surface area (Å²) in [5.74, 6) is -0.0399. The second-order valence-corrected chi connectivity index (χ2v) is 5.74. The molecular formula is C15H19F3N6O. The summed E-state index contributed by atoms with van der Waals surface area (Å²) in [4.78, 5) is 9.97. The van der Waals surface area contributed by atoms with Gasteiger partial charge >= 0.3 is 6.18 Å². The van der Waals surface area contributed by atoms with E-state index in [2.05, 4.69) is 25.3 Å². The summed E-state index contributed by atoms with van der Waals surface area (Å²) in [6.45, 7) is 4.10. The lowest BCUT2D eigenvalue weighted by Crippen LogP contribution is -2.39. The third kappa shape index (κ3) is 4.67. The molecule has 0 radical (unpaired) electrons. The van der Waals surface area contributed by atoms with E-state index in [4.69, 9.17) is 4.74 Å². The molecule has 25 heavy (non-hydrogen) atoms. The number of nitrogens with one attached hydrogen (secondary N) is 1. The van der Waals surface area contributed by atoms with Crippen molar-refractivity contribution in [3.8, 4) is 11.3 Å². The Hall–Kier alpha value is -2.20. The van der Waals surface area contributed by atoms with Gasteiger partial charge in [0.15, 0.2) is 5.69 Å². The van der Waals surface area contributed by atoms with Crippen LogP contribution < -0.4 is 5.32 Å². The van der Waals surface area contributed by atoms with Crippen LogP contribution in [0.5, 0.6) is 0 Å². The molecule has 3 rings (SSSR count). The van der Waals surface area contributed by atoms with Crippen molar-refractivity contribution in [3.63, 3.8) is 0 Å². The highest BCUT2D eigenvalue weighted by Crippen LogP contribution is 2.30. The number of alkyl halides is 3. The molecule has 0 spiro atoms. The van der Waals surface area contributed by atoms with Crippen molar-refractivity contribution >= 4 is 5.95 Å². The third-order valence-corrected chi connectivity index (χ3v) is 3.83. The Morgan fingerprint density at radius 2 is 2.00 bits per heavy atom. The van der Waals surface area contributed by atoms with Crippen LogP contribution in [0.2, 0.25) is 0 Å². The Kier molecular flexibility index (Phi) is 5.19. The number of nitrogens with zero attached hydrogens (tertiary/aromatic N) is 5. The molecule has 0 atom stereocenters. The minimum atomic E-state index is -4.54. The normalized spacial score (nSPS) is 16.2. The molecule has 1 fully saturated rings. The molecule has 7 nitrogen and oxygen atoms in total. The molecule has 3 heterocycles. The Labute approximate surface area is 142 Å². The van der Waals surface area contributed by atoms with Crippen LogP contribution >= 0.6 is 0 Å². The molecule has 0 aliphatic carbocycles. The van der Waals surface area contributed by atoms with Crippen LogP contribution in [0.25, 0.3) is 11.3 Å². The predicted octanol–water partition coefficient (Wildman–Crippen LogP) is 1.64. The SMILES string of the molecule is Cn1cc(-c2cc(C(F)(F)F)nc(NCCN3CCOCC3)n2)cn1. The van der Waals surface area contributed by atoms with Gasteiger partial charge in [0, 0.05) is 45.0 Å². The average molecular weight is 356 g/mol. The Morgan fingerprint density at radius 3 is 2.64 bits per heavy atom. The predicted molar refractivity (Wildman–Crippen MR) is 85.0 cm³/mol. The number of halogens is 3. The molecule has 0 saturated carbocycles. The van der Waals surface area contributed by atoms with Crippen molar-refractivity contribution in [1.29, 1.82) is 0 Å². The van der Waals surface area contributed by atoms with E-state index in [1.165, 1.54) is 10.9 Å². The average Bonchev–Trinajstić information content (AvgIpc) is 3.01. The van der Waals surface area contributed by atoms with E-state index in [1.807, 2.05) is 0 Å². The van der Waals surface area contributed by atoms with Crippen LogP contribution in [0.3, 0.4) is 0 Å². The fourth-order valence-corrected chi connectivity index (χ4v) is 2.52. The molecular weight excluding hydrogens is 337 g/mol. The fraction of sp³-hybridized carbons (Fsp3) is 0.533. The first-order chi connectivity index (χ1) is 11.9. The van der Waals surface area contributed by atoms with Crippen molar-refractivity contribution in [1.82, 2.24) is 24.6 Å². The molecule has 0 unspecified atom stereocenters. The largest absolute Gasteiger partial charge is 0.433 e. The third-order valence-electron chi connectivity index (χ3n) is 3.83. The zero-order chi connectivity index (χ0) is 17.9. The van der Waals surface area contributed by atoms with Gasteiger partial charge in [0.1, 0.15) is 0 Å². The quantitative estimate of drug-likeness (QED) is 0.879. The zero-order valence-electron chi connectivity index (χ0n) is 13.8. The van der Waals surface area contributed by atoms with Crippen molar-refractivity contribution in [2.75, 3.05) is 44.7 Å². The fourth-order valence-electron chi connectivity index (χ4n) is 2.52. The van der Waals surface area contributed by atoms with Gasteiger partial charge in [-0.1, -0.05) is 0 Å². The van der Waals surface area contributed by atoms with Crippen molar-refractivity contribution in [2.24, 2.45) is 7.05 Å². The van der Waals surface area contributed by atoms with Gasteiger partial charge in [0.2, 0.25) is 5.95 Å². The number of hydrogen-bond donors (Lipinski definition) is 1. The standard InChI is InChI=1S/C15H19F3N6O/c1-23-10-11(9-20-23)12-8-13(15(16,17)18)22-14(21-12)19-2-3-24-4-6-25-7-5-24/h8-10H,2-7H2,1H3,(H,19,21,22). The zero-order valence-corrected chi connectivity index (χ0v) is 13.8. The van der Waals surface area contributed by atoms with Crippen LogP contribution in [-0.2, 0) is 18.0 Å². The lowest BCUT2D eigenvalue weighted by molar-refractivity contribution is -0.141. The molecule has 0 bridgehead atoms. The van der Waals surface area contributed by atoms with Crippen LogP contribution in [0, 0.1) is 0 Å². The summed E-state index contributed by atoms with van der Waals surface area (Å²) >= 11 is 0. The van der Waals surface area contributed by atoms with E-state index in [0.717, 1.165) is 19.2 Å². The summed E-state index contributed by atoms with van der Waals surface area (Å²) < 4.78 is 46.1. The van der Waals surface area contributed by atoms with E-state index in [1.54, 1.807) is 13.2 Å². The monoisotopic (exact) mass is 356 g/mol. The Morgan fingerprint density at radius 1 is 1.24 bits per heavy atom. The van der Waals surface area contributed by atoms with Gasteiger partial charge in [0.05, 0.1) is 25.1 Å². The maximum Gasteiger partial charge on any atom is 0.433 e. The van der Waals surface area contributed by atoms with Gasteiger partial charge < -0.3 is 10.1 Å². The maximum absolute atomic E-state index is 13.1. The van der Waals surface area contributed by atoms with Gasteiger partial charge in [-0.2, -0.15) is 18.3 Å². The number of aromatic nitrogens is 4. The number of aryl methyl sites for hydroxylation is 1. The first-order valence-electron chi connectivity index (χ1n) is 7.91. The Balaban J connectivity index is 1.75. The molecule has 2 aromatic heterocycles. The molecule has 10 heteroatoms. The molecule has 1 saturated heterocycles. The van der Waals surface area contributed by atoms with Gasteiger partial charge in [-0.3, -0.25) is 9.58 Å². The molecule has 0 amide bonds. The van der Waals surface area contributed by atoms with E-state index in [9.17, 15) is 13.2 Å². The number of hydrogen-bond acceptors (Lipinski definition) is 6. The molecule has 1 N–H and O–H groups in total. The highest BCUT2D eigenvalue weighted by Gasteiger charge is 2.34. The first-order valence-corrected chi connectivity index (χ1v) is 7.91. The van der Waals surface area contributed by atoms with E-state index >= 15 is 0 Å². The minimum Gasteiger partial charge on any atom is -0.379 e. The smallest absolute Gasteiger partial charge is 0.379 e. The van der Waals surface area contributed by atoms with Crippen molar-refractivity contribution < 1.29 is 17.9 Å². The van der Waals surface area contributed by atoms with E-state index < -0.39 is 11.9 Å². The topological polar surface area (TPSA) is 68.1 Å². The molecule has 0 aromatic carbocycles. The minimum absolute atomic E-state index is 0.0399. The lowest BCUT2D eigenvalue weighted by atomic mass is 10.2. The van der Waals surface area contributed by atoms with Gasteiger partial charge in [-0.25, -0.2) is 9.97 Å². The second kappa shape index (κ2) is 7.36. The van der Waals surface area contributed by atoms with Gasteiger partial charge in [0.25, 0.3) is 0 Å². The number of anilines is 1. The summed E-state index contributed by atoms with van der Waals surface area (Å²) in [6.07, 6.45) is -1.46. The lowest BCUT2D eigenvalue weighted by Gasteiger charge is -2.26. The molecule has 1 aliphatic rings. The van der Waals surface area contributed by atoms with Crippen LogP contribution in [0.4, 0.5) is 19.1 Å². The maximum atomic E-state index is 13.1. The summed E-state index contributed by atoms with van der Waals surface area (Å²) in [6, 6.07) is 0.935. The number of ether oxygens (including phenoxy) is 1. The van der Waals surface area contributed by atoms with Crippen LogP contribution in [0.15, 0.2) is 18.5 Å². The molecule has 1 aliphatic heterocycles. The summed E-state index contributed by atoms with van der Waals surface area (Å²) in [5, 5.41) is 6.86. The number of rotatable bonds is 5. The molecule has 2 aromatic rings. The van der Waals surface area contributed by atoms with Gasteiger partial charge in [-0.15, -0.1) is 0 Å². The van der Waals surface area contributed by atoms with Crippen molar-refractivity contribution in [2.45, 2.75) is 6.18 Å². The Bertz CT molecular complexity index is 712. The highest BCUT2D eigenvalue weighted by molar-refractivity contribution is 5.59. The van der Waals surface area contributed by atoms with Crippen LogP contribution in [0.1, 0.15) is 5.69 Å². The summed E-state index contributed by atoms with van der Waals surface area (Å²) in [5.41, 5.74) is -0.286. The van der Waals surface area contributed by atoms with E-state index in [0.29, 0.717) is 31.9 Å².